The number of carbonyl (C=O) groups excluding carboxylic acids is 2. The number of aryl methyl sites for hydroxylation is 2. The molecule has 6 heteroatoms. The molecule has 2 aromatic rings. The van der Waals surface area contributed by atoms with Gasteiger partial charge in [0.2, 0.25) is 5.91 Å². The minimum atomic E-state index is -0.369. The summed E-state index contributed by atoms with van der Waals surface area (Å²) in [5.74, 6) is 0.826. The Morgan fingerprint density at radius 3 is 2.37 bits per heavy atom. The summed E-state index contributed by atoms with van der Waals surface area (Å²) < 4.78 is 15.5. The van der Waals surface area contributed by atoms with Crippen molar-refractivity contribution < 1.29 is 23.8 Å². The Labute approximate surface area is 159 Å². The van der Waals surface area contributed by atoms with Gasteiger partial charge in [0, 0.05) is 12.1 Å². The number of anilines is 1. The number of amides is 1. The summed E-state index contributed by atoms with van der Waals surface area (Å²) in [5.41, 5.74) is 2.94. The Morgan fingerprint density at radius 2 is 1.74 bits per heavy atom. The van der Waals surface area contributed by atoms with Crippen LogP contribution in [0.1, 0.15) is 34.8 Å². The summed E-state index contributed by atoms with van der Waals surface area (Å²) in [6.07, 6.45) is 0.903. The first-order valence-corrected chi connectivity index (χ1v) is 8.77. The van der Waals surface area contributed by atoms with Gasteiger partial charge in [-0.15, -0.1) is 0 Å². The van der Waals surface area contributed by atoms with Crippen LogP contribution < -0.4 is 14.8 Å². The Bertz CT molecular complexity index is 816. The molecule has 6 nitrogen and oxygen atoms in total. The maximum absolute atomic E-state index is 12.3. The number of carbonyl (C=O) groups is 2. The third kappa shape index (κ3) is 5.48. The molecule has 2 rings (SSSR count). The molecule has 0 fully saturated rings. The van der Waals surface area contributed by atoms with Gasteiger partial charge in [0.1, 0.15) is 0 Å². The molecule has 0 aliphatic carbocycles. The molecule has 0 spiro atoms. The zero-order valence-electron chi connectivity index (χ0n) is 16.1. The molecule has 1 amide bonds. The second-order valence-electron chi connectivity index (χ2n) is 5.99. The predicted octanol–water partition coefficient (Wildman–Crippen LogP) is 3.76. The van der Waals surface area contributed by atoms with E-state index in [9.17, 15) is 9.59 Å². The van der Waals surface area contributed by atoms with Crippen molar-refractivity contribution in [1.82, 2.24) is 0 Å². The van der Waals surface area contributed by atoms with Crippen molar-refractivity contribution in [2.45, 2.75) is 26.7 Å². The lowest BCUT2D eigenvalue weighted by atomic mass is 10.1. The molecular weight excluding hydrogens is 346 g/mol. The van der Waals surface area contributed by atoms with Crippen molar-refractivity contribution in [2.75, 3.05) is 26.1 Å². The van der Waals surface area contributed by atoms with Gasteiger partial charge in [0.25, 0.3) is 0 Å². The highest BCUT2D eigenvalue weighted by Crippen LogP contribution is 2.28. The minimum Gasteiger partial charge on any atom is -0.493 e. The van der Waals surface area contributed by atoms with Crippen LogP contribution in [0.3, 0.4) is 0 Å². The van der Waals surface area contributed by atoms with E-state index in [0.29, 0.717) is 42.2 Å². The lowest BCUT2D eigenvalue weighted by Crippen LogP contribution is -2.14. The second-order valence-corrected chi connectivity index (χ2v) is 5.99. The van der Waals surface area contributed by atoms with Gasteiger partial charge >= 0.3 is 5.97 Å². The number of nitrogens with one attached hydrogen (secondary N) is 1. The van der Waals surface area contributed by atoms with Gasteiger partial charge in [-0.25, -0.2) is 4.79 Å². The van der Waals surface area contributed by atoms with E-state index < -0.39 is 0 Å². The van der Waals surface area contributed by atoms with Crippen LogP contribution in [0.2, 0.25) is 0 Å². The number of esters is 1. The zero-order valence-corrected chi connectivity index (χ0v) is 16.1. The van der Waals surface area contributed by atoms with E-state index in [4.69, 9.17) is 14.2 Å². The van der Waals surface area contributed by atoms with E-state index in [-0.39, 0.29) is 11.9 Å². The SMILES string of the molecule is CCOC(=O)c1ccc(NC(=O)CCc2ccc(OC)c(OC)c2)c(C)c1. The third-order valence-corrected chi connectivity index (χ3v) is 4.10. The highest BCUT2D eigenvalue weighted by molar-refractivity contribution is 5.94. The van der Waals surface area contributed by atoms with Gasteiger partial charge in [-0.2, -0.15) is 0 Å². The number of hydrogen-bond donors (Lipinski definition) is 1. The zero-order chi connectivity index (χ0) is 19.8. The highest BCUT2D eigenvalue weighted by atomic mass is 16.5. The van der Waals surface area contributed by atoms with Crippen LogP contribution in [0.4, 0.5) is 5.69 Å². The molecular formula is C21H25NO5. The molecule has 0 aliphatic rings. The van der Waals surface area contributed by atoms with Crippen LogP contribution in [-0.2, 0) is 16.0 Å². The largest absolute Gasteiger partial charge is 0.493 e. The van der Waals surface area contributed by atoms with E-state index >= 15 is 0 Å². The Hall–Kier alpha value is -3.02. The summed E-state index contributed by atoms with van der Waals surface area (Å²) in [4.78, 5) is 24.0. The van der Waals surface area contributed by atoms with Crippen molar-refractivity contribution >= 4 is 17.6 Å². The lowest BCUT2D eigenvalue weighted by molar-refractivity contribution is -0.116. The van der Waals surface area contributed by atoms with Crippen LogP contribution in [0.15, 0.2) is 36.4 Å². The summed E-state index contributed by atoms with van der Waals surface area (Å²) in [6.45, 7) is 3.93. The van der Waals surface area contributed by atoms with E-state index in [1.54, 1.807) is 39.3 Å². The number of methoxy groups -OCH3 is 2. The average Bonchev–Trinajstić information content (AvgIpc) is 2.67. The van der Waals surface area contributed by atoms with Crippen molar-refractivity contribution in [2.24, 2.45) is 0 Å². The Kier molecular flexibility index (Phi) is 7.23. The minimum absolute atomic E-state index is 0.100. The van der Waals surface area contributed by atoms with Crippen LogP contribution in [0.5, 0.6) is 11.5 Å². The number of benzene rings is 2. The van der Waals surface area contributed by atoms with Crippen LogP contribution >= 0.6 is 0 Å². The second kappa shape index (κ2) is 9.62. The van der Waals surface area contributed by atoms with E-state index in [1.165, 1.54) is 0 Å². The molecule has 0 aromatic heterocycles. The monoisotopic (exact) mass is 371 g/mol. The molecule has 27 heavy (non-hydrogen) atoms. The molecule has 144 valence electrons. The number of rotatable bonds is 8. The fraction of sp³-hybridized carbons (Fsp3) is 0.333. The quantitative estimate of drug-likeness (QED) is 0.715. The van der Waals surface area contributed by atoms with Gasteiger partial charge in [-0.1, -0.05) is 6.07 Å². The predicted molar refractivity (Wildman–Crippen MR) is 104 cm³/mol. The molecule has 0 saturated heterocycles. The third-order valence-electron chi connectivity index (χ3n) is 4.10. The fourth-order valence-corrected chi connectivity index (χ4v) is 2.65. The van der Waals surface area contributed by atoms with Gasteiger partial charge in [0.05, 0.1) is 26.4 Å². The average molecular weight is 371 g/mol. The van der Waals surface area contributed by atoms with Gasteiger partial charge < -0.3 is 19.5 Å². The van der Waals surface area contributed by atoms with E-state index in [0.717, 1.165) is 11.1 Å². The van der Waals surface area contributed by atoms with Gasteiger partial charge in [-0.3, -0.25) is 4.79 Å². The van der Waals surface area contributed by atoms with Crippen molar-refractivity contribution in [3.63, 3.8) is 0 Å². The normalized spacial score (nSPS) is 10.2. The standard InChI is InChI=1S/C21H25NO5/c1-5-27-21(24)16-8-9-17(14(2)12-16)22-20(23)11-7-15-6-10-18(25-3)19(13-15)26-4/h6,8-10,12-13H,5,7,11H2,1-4H3,(H,22,23). The van der Waals surface area contributed by atoms with E-state index in [1.807, 2.05) is 25.1 Å². The summed E-state index contributed by atoms with van der Waals surface area (Å²) in [6, 6.07) is 10.7. The molecule has 0 bridgehead atoms. The summed E-state index contributed by atoms with van der Waals surface area (Å²) in [5, 5.41) is 2.88. The van der Waals surface area contributed by atoms with Gasteiger partial charge in [-0.05, 0) is 61.7 Å². The Balaban J connectivity index is 1.97. The van der Waals surface area contributed by atoms with Crippen LogP contribution in [-0.4, -0.2) is 32.7 Å². The molecule has 0 aliphatic heterocycles. The van der Waals surface area contributed by atoms with Crippen molar-refractivity contribution in [3.8, 4) is 11.5 Å². The molecule has 0 atom stereocenters. The van der Waals surface area contributed by atoms with Crippen LogP contribution in [0.25, 0.3) is 0 Å². The topological polar surface area (TPSA) is 73.9 Å². The number of hydrogen-bond acceptors (Lipinski definition) is 5. The summed E-state index contributed by atoms with van der Waals surface area (Å²) >= 11 is 0. The van der Waals surface area contributed by atoms with Crippen LogP contribution in [0, 0.1) is 6.92 Å². The molecule has 0 saturated carbocycles. The molecule has 0 unspecified atom stereocenters. The smallest absolute Gasteiger partial charge is 0.338 e. The van der Waals surface area contributed by atoms with Crippen molar-refractivity contribution in [3.05, 3.63) is 53.1 Å². The first-order valence-electron chi connectivity index (χ1n) is 8.77. The molecule has 0 heterocycles. The maximum atomic E-state index is 12.3. The first-order chi connectivity index (χ1) is 13.0. The molecule has 0 radical (unpaired) electrons. The van der Waals surface area contributed by atoms with E-state index in [2.05, 4.69) is 5.32 Å². The Morgan fingerprint density at radius 1 is 1.00 bits per heavy atom. The summed E-state index contributed by atoms with van der Waals surface area (Å²) in [7, 11) is 3.16. The maximum Gasteiger partial charge on any atom is 0.338 e. The first kappa shape index (κ1) is 20.3. The molecule has 2 aromatic carbocycles. The highest BCUT2D eigenvalue weighted by Gasteiger charge is 2.11. The number of ether oxygens (including phenoxy) is 3. The fourth-order valence-electron chi connectivity index (χ4n) is 2.65. The van der Waals surface area contributed by atoms with Crippen molar-refractivity contribution in [1.29, 1.82) is 0 Å². The lowest BCUT2D eigenvalue weighted by Gasteiger charge is -2.11. The van der Waals surface area contributed by atoms with Gasteiger partial charge in [0.15, 0.2) is 11.5 Å². The molecule has 1 N–H and O–H groups in total.